The Bertz CT molecular complexity index is 889. The summed E-state index contributed by atoms with van der Waals surface area (Å²) in [6.07, 6.45) is 4.97. The molecule has 3 heterocycles. The number of ether oxygens (including phenoxy) is 2. The van der Waals surface area contributed by atoms with Crippen LogP contribution >= 0.6 is 0 Å². The minimum atomic E-state index is -1.13. The lowest BCUT2D eigenvalue weighted by molar-refractivity contribution is -0.157. The molecule has 0 aliphatic carbocycles. The molecule has 8 nitrogen and oxygen atoms in total. The first kappa shape index (κ1) is 28.4. The summed E-state index contributed by atoms with van der Waals surface area (Å²) in [7, 11) is 0. The van der Waals surface area contributed by atoms with Gasteiger partial charge in [-0.3, -0.25) is 14.4 Å². The van der Waals surface area contributed by atoms with E-state index in [0.717, 1.165) is 6.42 Å². The molecule has 3 aliphatic heterocycles. The quantitative estimate of drug-likeness (QED) is 0.343. The predicted octanol–water partition coefficient (Wildman–Crippen LogP) is 3.09. The van der Waals surface area contributed by atoms with Crippen molar-refractivity contribution in [1.82, 2.24) is 9.80 Å². The number of likely N-dealkylation sites (tertiary alicyclic amines) is 1. The van der Waals surface area contributed by atoms with Gasteiger partial charge in [0.15, 0.2) is 0 Å². The van der Waals surface area contributed by atoms with Crippen LogP contribution in [0.4, 0.5) is 0 Å². The van der Waals surface area contributed by atoms with Gasteiger partial charge in [-0.15, -0.1) is 6.58 Å². The number of carbonyl (C=O) groups is 3. The zero-order valence-electron chi connectivity index (χ0n) is 22.8. The van der Waals surface area contributed by atoms with Crippen molar-refractivity contribution in [2.45, 2.75) is 96.6 Å². The van der Waals surface area contributed by atoms with Crippen LogP contribution in [-0.4, -0.2) is 81.8 Å². The largest absolute Gasteiger partial charge is 0.461 e. The zero-order valence-corrected chi connectivity index (χ0v) is 22.8. The number of fused-ring (bicyclic) bond motifs is 1. The highest BCUT2D eigenvalue weighted by molar-refractivity contribution is 5.98. The second-order valence-electron chi connectivity index (χ2n) is 12.3. The molecule has 0 saturated carbocycles. The molecular formula is C28H44N2O6. The van der Waals surface area contributed by atoms with E-state index < -0.39 is 47.1 Å². The van der Waals surface area contributed by atoms with Gasteiger partial charge < -0.3 is 24.4 Å². The third-order valence-corrected chi connectivity index (χ3v) is 7.93. The van der Waals surface area contributed by atoms with Gasteiger partial charge in [-0.1, -0.05) is 46.4 Å². The Kier molecular flexibility index (Phi) is 8.11. The summed E-state index contributed by atoms with van der Waals surface area (Å²) in [5, 5.41) is 10.2. The third kappa shape index (κ3) is 4.74. The maximum absolute atomic E-state index is 14.5. The first-order valence-electron chi connectivity index (χ1n) is 13.1. The summed E-state index contributed by atoms with van der Waals surface area (Å²) in [4.78, 5) is 44.9. The Morgan fingerprint density at radius 3 is 2.47 bits per heavy atom. The number of hydrogen-bond donors (Lipinski definition) is 1. The molecule has 2 bridgehead atoms. The van der Waals surface area contributed by atoms with E-state index in [4.69, 9.17) is 9.47 Å². The van der Waals surface area contributed by atoms with Gasteiger partial charge in [0.25, 0.3) is 0 Å². The van der Waals surface area contributed by atoms with Crippen molar-refractivity contribution >= 4 is 17.8 Å². The lowest BCUT2D eigenvalue weighted by Gasteiger charge is -2.46. The second-order valence-corrected chi connectivity index (χ2v) is 12.3. The van der Waals surface area contributed by atoms with Crippen molar-refractivity contribution in [1.29, 1.82) is 0 Å². The van der Waals surface area contributed by atoms with Gasteiger partial charge in [0, 0.05) is 12.1 Å². The SMILES string of the molecule is C=CCOC(=O)[C@@H]1[C@@H]2CCC3(O2)C(C(=O)N(CC=C)C(C)(C)CC(C)(C)C)N([C@@H](CC)CO)C(=O)[C@H]13. The minimum absolute atomic E-state index is 0.0460. The van der Waals surface area contributed by atoms with E-state index in [1.54, 1.807) is 11.0 Å². The minimum Gasteiger partial charge on any atom is -0.461 e. The lowest BCUT2D eigenvalue weighted by atomic mass is 9.70. The number of amides is 2. The molecule has 0 aromatic rings. The number of aliphatic hydroxyl groups is 1. The summed E-state index contributed by atoms with van der Waals surface area (Å²) < 4.78 is 11.8. The number of esters is 1. The van der Waals surface area contributed by atoms with Crippen molar-refractivity contribution < 1.29 is 29.0 Å². The first-order chi connectivity index (χ1) is 16.8. The molecule has 0 aromatic heterocycles. The van der Waals surface area contributed by atoms with E-state index in [2.05, 4.69) is 33.9 Å². The fourth-order valence-electron chi connectivity index (χ4n) is 6.99. The van der Waals surface area contributed by atoms with Crippen LogP contribution in [0.25, 0.3) is 0 Å². The van der Waals surface area contributed by atoms with E-state index in [1.807, 2.05) is 20.8 Å². The zero-order chi connectivity index (χ0) is 27.1. The van der Waals surface area contributed by atoms with E-state index in [-0.39, 0.29) is 30.4 Å². The van der Waals surface area contributed by atoms with Crippen molar-refractivity contribution in [3.05, 3.63) is 25.3 Å². The van der Waals surface area contributed by atoms with Gasteiger partial charge in [0.2, 0.25) is 11.8 Å². The van der Waals surface area contributed by atoms with Gasteiger partial charge in [0.1, 0.15) is 18.2 Å². The van der Waals surface area contributed by atoms with Gasteiger partial charge in [0.05, 0.1) is 30.6 Å². The summed E-state index contributed by atoms with van der Waals surface area (Å²) in [5.41, 5.74) is -1.71. The Morgan fingerprint density at radius 1 is 1.28 bits per heavy atom. The number of rotatable bonds is 11. The van der Waals surface area contributed by atoms with Crippen LogP contribution in [0.1, 0.15) is 67.2 Å². The number of carbonyl (C=O) groups excluding carboxylic acids is 3. The molecule has 8 heteroatoms. The molecule has 1 N–H and O–H groups in total. The summed E-state index contributed by atoms with van der Waals surface area (Å²) >= 11 is 0. The Labute approximate surface area is 215 Å². The lowest BCUT2D eigenvalue weighted by Crippen LogP contribution is -2.62. The average molecular weight is 505 g/mol. The standard InChI is InChI=1S/C28H44N2O6/c1-9-14-29(27(7,8)17-26(4,5)6)24(33)22-28-13-12-19(36-28)20(25(34)35-15-10-2)21(28)23(32)30(22)18(11-3)16-31/h9-10,18-22,31H,1-2,11-17H2,3-8H3/t18-,19-,20+,21-,22?,28?/m0/s1. The highest BCUT2D eigenvalue weighted by atomic mass is 16.6. The van der Waals surface area contributed by atoms with Gasteiger partial charge in [-0.25, -0.2) is 0 Å². The fraction of sp³-hybridized carbons (Fsp3) is 0.750. The third-order valence-electron chi connectivity index (χ3n) is 7.93. The number of hydrogen-bond acceptors (Lipinski definition) is 6. The van der Waals surface area contributed by atoms with E-state index in [9.17, 15) is 19.5 Å². The maximum Gasteiger partial charge on any atom is 0.312 e. The van der Waals surface area contributed by atoms with Crippen LogP contribution in [0.5, 0.6) is 0 Å². The van der Waals surface area contributed by atoms with Crippen molar-refractivity contribution in [3.8, 4) is 0 Å². The first-order valence-corrected chi connectivity index (χ1v) is 13.1. The van der Waals surface area contributed by atoms with E-state index >= 15 is 0 Å². The molecule has 3 rings (SSSR count). The normalized spacial score (nSPS) is 30.2. The Morgan fingerprint density at radius 2 is 1.94 bits per heavy atom. The molecule has 0 radical (unpaired) electrons. The van der Waals surface area contributed by atoms with Gasteiger partial charge in [-0.2, -0.15) is 0 Å². The molecule has 2 unspecified atom stereocenters. The van der Waals surface area contributed by atoms with Crippen molar-refractivity contribution in [2.24, 2.45) is 17.3 Å². The molecule has 2 amide bonds. The molecule has 3 aliphatic rings. The van der Waals surface area contributed by atoms with E-state index in [1.165, 1.54) is 11.0 Å². The number of aliphatic hydroxyl groups excluding tert-OH is 1. The fourth-order valence-corrected chi connectivity index (χ4v) is 6.99. The van der Waals surface area contributed by atoms with Crippen LogP contribution in [-0.2, 0) is 23.9 Å². The van der Waals surface area contributed by atoms with Crippen LogP contribution in [0, 0.1) is 17.3 Å². The van der Waals surface area contributed by atoms with Crippen LogP contribution in [0.15, 0.2) is 25.3 Å². The second kappa shape index (κ2) is 10.3. The highest BCUT2D eigenvalue weighted by Gasteiger charge is 2.75. The Hall–Kier alpha value is -2.19. The molecular weight excluding hydrogens is 460 g/mol. The maximum atomic E-state index is 14.5. The summed E-state index contributed by atoms with van der Waals surface area (Å²) in [5.74, 6) is -2.64. The summed E-state index contributed by atoms with van der Waals surface area (Å²) in [6, 6.07) is -1.50. The number of nitrogens with zero attached hydrogens (tertiary/aromatic N) is 2. The molecule has 1 spiro atoms. The highest BCUT2D eigenvalue weighted by Crippen LogP contribution is 2.59. The molecule has 6 atom stereocenters. The Balaban J connectivity index is 2.10. The van der Waals surface area contributed by atoms with Gasteiger partial charge in [-0.05, 0) is 44.9 Å². The molecule has 3 saturated heterocycles. The predicted molar refractivity (Wildman–Crippen MR) is 137 cm³/mol. The molecule has 36 heavy (non-hydrogen) atoms. The van der Waals surface area contributed by atoms with Crippen LogP contribution in [0.3, 0.4) is 0 Å². The average Bonchev–Trinajstić information content (AvgIpc) is 3.42. The van der Waals surface area contributed by atoms with Crippen LogP contribution in [0.2, 0.25) is 0 Å². The van der Waals surface area contributed by atoms with Gasteiger partial charge >= 0.3 is 5.97 Å². The van der Waals surface area contributed by atoms with Crippen molar-refractivity contribution in [2.75, 3.05) is 19.8 Å². The van der Waals surface area contributed by atoms with E-state index in [0.29, 0.717) is 25.8 Å². The van der Waals surface area contributed by atoms with Crippen molar-refractivity contribution in [3.63, 3.8) is 0 Å². The summed E-state index contributed by atoms with van der Waals surface area (Å²) in [6.45, 7) is 19.9. The molecule has 202 valence electrons. The monoisotopic (exact) mass is 504 g/mol. The topological polar surface area (TPSA) is 96.4 Å². The molecule has 0 aromatic carbocycles. The van der Waals surface area contributed by atoms with Crippen LogP contribution < -0.4 is 0 Å². The smallest absolute Gasteiger partial charge is 0.312 e. The molecule has 3 fully saturated rings.